The van der Waals surface area contributed by atoms with Gasteiger partial charge in [0.1, 0.15) is 11.3 Å². The lowest BCUT2D eigenvalue weighted by atomic mass is 10.1. The Balaban J connectivity index is 2.22. The maximum Gasteiger partial charge on any atom is 0.336 e. The highest BCUT2D eigenvalue weighted by Crippen LogP contribution is 2.27. The van der Waals surface area contributed by atoms with Crippen molar-refractivity contribution in [3.8, 4) is 11.5 Å². The second-order valence-electron chi connectivity index (χ2n) is 3.98. The van der Waals surface area contributed by atoms with E-state index in [4.69, 9.17) is 9.52 Å². The van der Waals surface area contributed by atoms with Crippen molar-refractivity contribution in [2.24, 2.45) is 0 Å². The molecule has 0 aliphatic carbocycles. The summed E-state index contributed by atoms with van der Waals surface area (Å²) in [7, 11) is 0. The Morgan fingerprint density at radius 3 is 2.79 bits per heavy atom. The summed E-state index contributed by atoms with van der Waals surface area (Å²) in [4.78, 5) is 15.3. The predicted molar refractivity (Wildman–Crippen MR) is 66.4 cm³/mol. The van der Waals surface area contributed by atoms with Gasteiger partial charge >= 0.3 is 5.97 Å². The van der Waals surface area contributed by atoms with Gasteiger partial charge in [-0.2, -0.15) is 0 Å². The zero-order valence-electron chi connectivity index (χ0n) is 9.63. The second kappa shape index (κ2) is 4.20. The van der Waals surface area contributed by atoms with E-state index in [0.29, 0.717) is 16.7 Å². The molecule has 2 aromatic carbocycles. The number of carboxylic acids is 1. The lowest BCUT2D eigenvalue weighted by molar-refractivity contribution is 0.0697. The van der Waals surface area contributed by atoms with E-state index in [0.717, 1.165) is 0 Å². The van der Waals surface area contributed by atoms with Crippen molar-refractivity contribution in [1.82, 2.24) is 4.98 Å². The number of fused-ring (bicyclic) bond motifs is 1. The van der Waals surface area contributed by atoms with Crippen LogP contribution in [0, 0.1) is 5.82 Å². The first-order chi connectivity index (χ1) is 9.15. The molecule has 0 radical (unpaired) electrons. The lowest BCUT2D eigenvalue weighted by Gasteiger charge is -2.00. The summed E-state index contributed by atoms with van der Waals surface area (Å²) in [5, 5.41) is 9.12. The van der Waals surface area contributed by atoms with E-state index in [1.807, 2.05) is 0 Å². The molecule has 3 rings (SSSR count). The van der Waals surface area contributed by atoms with Crippen LogP contribution in [0.4, 0.5) is 4.39 Å². The fraction of sp³-hybridized carbons (Fsp3) is 0. The molecule has 0 spiro atoms. The van der Waals surface area contributed by atoms with Gasteiger partial charge in [0, 0.05) is 6.07 Å². The van der Waals surface area contributed by atoms with E-state index < -0.39 is 11.8 Å². The monoisotopic (exact) mass is 257 g/mol. The van der Waals surface area contributed by atoms with Crippen LogP contribution in [0.1, 0.15) is 10.4 Å². The number of aromatic nitrogens is 1. The van der Waals surface area contributed by atoms with E-state index >= 15 is 0 Å². The predicted octanol–water partition coefficient (Wildman–Crippen LogP) is 3.33. The topological polar surface area (TPSA) is 63.3 Å². The normalized spacial score (nSPS) is 10.8. The third-order valence-electron chi connectivity index (χ3n) is 2.74. The second-order valence-corrected chi connectivity index (χ2v) is 3.98. The number of nitrogens with zero attached hydrogens (tertiary/aromatic N) is 1. The first-order valence-electron chi connectivity index (χ1n) is 5.54. The van der Waals surface area contributed by atoms with Crippen molar-refractivity contribution in [2.45, 2.75) is 0 Å². The van der Waals surface area contributed by atoms with Gasteiger partial charge in [-0.3, -0.25) is 0 Å². The minimum atomic E-state index is -1.07. The smallest absolute Gasteiger partial charge is 0.336 e. The van der Waals surface area contributed by atoms with Crippen molar-refractivity contribution >= 4 is 17.1 Å². The molecule has 19 heavy (non-hydrogen) atoms. The van der Waals surface area contributed by atoms with Crippen molar-refractivity contribution in [1.29, 1.82) is 0 Å². The van der Waals surface area contributed by atoms with Gasteiger partial charge in [-0.1, -0.05) is 12.1 Å². The summed E-state index contributed by atoms with van der Waals surface area (Å²) in [5.41, 5.74) is 1.23. The van der Waals surface area contributed by atoms with Crippen LogP contribution < -0.4 is 0 Å². The molecule has 1 heterocycles. The molecule has 3 aromatic rings. The fourth-order valence-electron chi connectivity index (χ4n) is 1.87. The molecular formula is C14H8FNO3. The molecule has 1 N–H and O–H groups in total. The van der Waals surface area contributed by atoms with E-state index in [9.17, 15) is 9.18 Å². The van der Waals surface area contributed by atoms with Crippen LogP contribution in [0.5, 0.6) is 0 Å². The molecule has 0 saturated carbocycles. The zero-order chi connectivity index (χ0) is 13.4. The summed E-state index contributed by atoms with van der Waals surface area (Å²) in [6, 6.07) is 10.3. The summed E-state index contributed by atoms with van der Waals surface area (Å²) < 4.78 is 18.5. The van der Waals surface area contributed by atoms with Gasteiger partial charge in [0.25, 0.3) is 0 Å². The summed E-state index contributed by atoms with van der Waals surface area (Å²) in [5.74, 6) is -1.32. The molecular weight excluding hydrogens is 249 g/mol. The first kappa shape index (κ1) is 11.4. The van der Waals surface area contributed by atoms with E-state index in [1.54, 1.807) is 18.2 Å². The third kappa shape index (κ3) is 1.95. The van der Waals surface area contributed by atoms with Gasteiger partial charge in [-0.25, -0.2) is 14.2 Å². The quantitative estimate of drug-likeness (QED) is 0.764. The Morgan fingerprint density at radius 1 is 1.21 bits per heavy atom. The summed E-state index contributed by atoms with van der Waals surface area (Å²) in [6.45, 7) is 0. The maximum absolute atomic E-state index is 13.1. The van der Waals surface area contributed by atoms with E-state index in [-0.39, 0.29) is 11.5 Å². The first-order valence-corrected chi connectivity index (χ1v) is 5.54. The standard InChI is InChI=1S/C14H8FNO3/c15-8-5-6-12-11(7-8)16-13(19-12)9-3-1-2-4-10(9)14(17)18/h1-7H,(H,17,18). The number of halogens is 1. The van der Waals surface area contributed by atoms with Crippen LogP contribution in [0.15, 0.2) is 46.9 Å². The molecule has 0 bridgehead atoms. The summed E-state index contributed by atoms with van der Waals surface area (Å²) in [6.07, 6.45) is 0. The van der Waals surface area contributed by atoms with Crippen molar-refractivity contribution in [3.05, 3.63) is 53.8 Å². The SMILES string of the molecule is O=C(O)c1ccccc1-c1nc2cc(F)ccc2o1. The Bertz CT molecular complexity index is 779. The highest BCUT2D eigenvalue weighted by atomic mass is 19.1. The largest absolute Gasteiger partial charge is 0.478 e. The number of carboxylic acid groups (broad SMARTS) is 1. The van der Waals surface area contributed by atoms with Crippen LogP contribution in [0.2, 0.25) is 0 Å². The molecule has 94 valence electrons. The summed E-state index contributed by atoms with van der Waals surface area (Å²) >= 11 is 0. The molecule has 0 fully saturated rings. The average Bonchev–Trinajstić information content (AvgIpc) is 2.81. The molecule has 0 amide bonds. The minimum Gasteiger partial charge on any atom is -0.478 e. The molecule has 0 saturated heterocycles. The van der Waals surface area contributed by atoms with Crippen molar-refractivity contribution < 1.29 is 18.7 Å². The molecule has 1 aromatic heterocycles. The lowest BCUT2D eigenvalue weighted by Crippen LogP contribution is -1.98. The highest BCUT2D eigenvalue weighted by molar-refractivity contribution is 5.95. The maximum atomic E-state index is 13.1. The van der Waals surface area contributed by atoms with Crippen LogP contribution in [0.25, 0.3) is 22.6 Å². The Morgan fingerprint density at radius 2 is 2.00 bits per heavy atom. The number of oxazole rings is 1. The molecule has 5 heteroatoms. The van der Waals surface area contributed by atoms with Gasteiger partial charge in [0.15, 0.2) is 5.58 Å². The molecule has 4 nitrogen and oxygen atoms in total. The molecule has 0 unspecified atom stereocenters. The van der Waals surface area contributed by atoms with Crippen LogP contribution >= 0.6 is 0 Å². The van der Waals surface area contributed by atoms with Crippen LogP contribution in [-0.2, 0) is 0 Å². The number of hydrogen-bond donors (Lipinski definition) is 1. The number of benzene rings is 2. The minimum absolute atomic E-state index is 0.0922. The van der Waals surface area contributed by atoms with Gasteiger partial charge in [0.05, 0.1) is 11.1 Å². The zero-order valence-corrected chi connectivity index (χ0v) is 9.63. The van der Waals surface area contributed by atoms with Gasteiger partial charge < -0.3 is 9.52 Å². The highest BCUT2D eigenvalue weighted by Gasteiger charge is 2.16. The van der Waals surface area contributed by atoms with Crippen LogP contribution in [0.3, 0.4) is 0 Å². The Hall–Kier alpha value is -2.69. The van der Waals surface area contributed by atoms with E-state index in [2.05, 4.69) is 4.98 Å². The molecule has 0 aliphatic heterocycles. The number of hydrogen-bond acceptors (Lipinski definition) is 3. The molecule has 0 aliphatic rings. The van der Waals surface area contributed by atoms with Crippen molar-refractivity contribution in [2.75, 3.05) is 0 Å². The number of carbonyl (C=O) groups is 1. The van der Waals surface area contributed by atoms with Gasteiger partial charge in [-0.05, 0) is 24.3 Å². The third-order valence-corrected chi connectivity index (χ3v) is 2.74. The van der Waals surface area contributed by atoms with E-state index in [1.165, 1.54) is 24.3 Å². The number of rotatable bonds is 2. The van der Waals surface area contributed by atoms with Crippen LogP contribution in [-0.4, -0.2) is 16.1 Å². The average molecular weight is 257 g/mol. The Labute approximate surface area is 107 Å². The molecule has 0 atom stereocenters. The fourth-order valence-corrected chi connectivity index (χ4v) is 1.87. The van der Waals surface area contributed by atoms with Gasteiger partial charge in [0.2, 0.25) is 5.89 Å². The van der Waals surface area contributed by atoms with Crippen molar-refractivity contribution in [3.63, 3.8) is 0 Å². The van der Waals surface area contributed by atoms with Gasteiger partial charge in [-0.15, -0.1) is 0 Å². The Kier molecular flexibility index (Phi) is 2.52. The number of aromatic carboxylic acids is 1.